The second kappa shape index (κ2) is 6.56. The molecule has 1 aromatic heterocycles. The lowest BCUT2D eigenvalue weighted by Crippen LogP contribution is -2.14. The number of hydrogen-bond acceptors (Lipinski definition) is 2. The number of nitrogens with zero attached hydrogens (tertiary/aromatic N) is 2. The van der Waals surface area contributed by atoms with Gasteiger partial charge in [0, 0.05) is 19.7 Å². The summed E-state index contributed by atoms with van der Waals surface area (Å²) in [6.07, 6.45) is 4.70. The zero-order valence-corrected chi connectivity index (χ0v) is 11.1. The van der Waals surface area contributed by atoms with Crippen molar-refractivity contribution in [1.82, 2.24) is 9.78 Å². The summed E-state index contributed by atoms with van der Waals surface area (Å²) < 4.78 is 1.95. The van der Waals surface area contributed by atoms with Gasteiger partial charge in [-0.3, -0.25) is 4.68 Å². The van der Waals surface area contributed by atoms with E-state index in [1.165, 1.54) is 18.5 Å². The van der Waals surface area contributed by atoms with E-state index in [2.05, 4.69) is 37.3 Å². The van der Waals surface area contributed by atoms with Crippen LogP contribution in [0.5, 0.6) is 0 Å². The van der Waals surface area contributed by atoms with Crippen LogP contribution in [-0.2, 0) is 13.5 Å². The van der Waals surface area contributed by atoms with Crippen molar-refractivity contribution in [3.05, 3.63) is 11.8 Å². The van der Waals surface area contributed by atoms with Crippen LogP contribution >= 0.6 is 0 Å². The summed E-state index contributed by atoms with van der Waals surface area (Å²) in [6, 6.07) is 2.17. The summed E-state index contributed by atoms with van der Waals surface area (Å²) in [5.41, 5.74) is 1.19. The molecule has 0 saturated heterocycles. The van der Waals surface area contributed by atoms with Gasteiger partial charge in [0.2, 0.25) is 0 Å². The average Bonchev–Trinajstić information content (AvgIpc) is 2.61. The second-order valence-electron chi connectivity index (χ2n) is 4.46. The second-order valence-corrected chi connectivity index (χ2v) is 4.46. The van der Waals surface area contributed by atoms with Gasteiger partial charge < -0.3 is 5.32 Å². The summed E-state index contributed by atoms with van der Waals surface area (Å²) >= 11 is 0. The van der Waals surface area contributed by atoms with Crippen molar-refractivity contribution >= 4 is 5.82 Å². The first-order valence-electron chi connectivity index (χ1n) is 6.47. The lowest BCUT2D eigenvalue weighted by Gasteiger charge is -2.13. The van der Waals surface area contributed by atoms with Crippen molar-refractivity contribution in [1.29, 1.82) is 0 Å². The molecule has 3 nitrogen and oxygen atoms in total. The molecule has 0 unspecified atom stereocenters. The molecule has 0 bridgehead atoms. The Labute approximate surface area is 99.2 Å². The van der Waals surface area contributed by atoms with Gasteiger partial charge in [0.15, 0.2) is 0 Å². The zero-order chi connectivity index (χ0) is 12.0. The predicted molar refractivity (Wildman–Crippen MR) is 69.8 cm³/mol. The molecule has 92 valence electrons. The van der Waals surface area contributed by atoms with Gasteiger partial charge in [0.05, 0.1) is 5.69 Å². The number of aryl methyl sites for hydroxylation is 2. The quantitative estimate of drug-likeness (QED) is 0.769. The Morgan fingerprint density at radius 1 is 1.31 bits per heavy atom. The summed E-state index contributed by atoms with van der Waals surface area (Å²) in [4.78, 5) is 0. The Kier molecular flexibility index (Phi) is 5.36. The molecule has 0 saturated carbocycles. The molecule has 1 heterocycles. The maximum Gasteiger partial charge on any atom is 0.124 e. The van der Waals surface area contributed by atoms with Gasteiger partial charge in [-0.05, 0) is 12.3 Å². The molecule has 0 atom stereocenters. The first kappa shape index (κ1) is 13.1. The Balaban J connectivity index is 2.52. The van der Waals surface area contributed by atoms with E-state index < -0.39 is 0 Å². The molecule has 3 heteroatoms. The van der Waals surface area contributed by atoms with Crippen LogP contribution in [0.1, 0.15) is 45.7 Å². The van der Waals surface area contributed by atoms with E-state index in [-0.39, 0.29) is 0 Å². The van der Waals surface area contributed by atoms with Crippen LogP contribution in [0.3, 0.4) is 0 Å². The van der Waals surface area contributed by atoms with Crippen molar-refractivity contribution in [2.24, 2.45) is 13.0 Å². The minimum absolute atomic E-state index is 0.768. The zero-order valence-electron chi connectivity index (χ0n) is 11.1. The highest BCUT2D eigenvalue weighted by Crippen LogP contribution is 2.13. The third-order valence-electron chi connectivity index (χ3n) is 3.16. The van der Waals surface area contributed by atoms with Crippen LogP contribution in [0.25, 0.3) is 0 Å². The first-order valence-corrected chi connectivity index (χ1v) is 6.47. The van der Waals surface area contributed by atoms with Crippen molar-refractivity contribution in [3.8, 4) is 0 Å². The standard InChI is InChI=1S/C13H25N3/c1-5-8-12-9-13(16(4)15-12)14-10-11(6-2)7-3/h9,11,14H,5-8,10H2,1-4H3. The highest BCUT2D eigenvalue weighted by atomic mass is 15.3. The average molecular weight is 223 g/mol. The van der Waals surface area contributed by atoms with E-state index in [1.54, 1.807) is 0 Å². The van der Waals surface area contributed by atoms with Gasteiger partial charge in [0.25, 0.3) is 0 Å². The molecule has 0 amide bonds. The fourth-order valence-corrected chi connectivity index (χ4v) is 1.90. The molecule has 0 aliphatic heterocycles. The van der Waals surface area contributed by atoms with E-state index in [0.29, 0.717) is 0 Å². The van der Waals surface area contributed by atoms with Gasteiger partial charge in [0.1, 0.15) is 5.82 Å². The van der Waals surface area contributed by atoms with Crippen LogP contribution in [-0.4, -0.2) is 16.3 Å². The van der Waals surface area contributed by atoms with Crippen molar-refractivity contribution in [2.45, 2.75) is 46.5 Å². The molecule has 0 spiro atoms. The lowest BCUT2D eigenvalue weighted by atomic mass is 10.0. The molecule has 1 N–H and O–H groups in total. The third-order valence-corrected chi connectivity index (χ3v) is 3.16. The molecular weight excluding hydrogens is 198 g/mol. The van der Waals surface area contributed by atoms with E-state index in [0.717, 1.165) is 31.1 Å². The van der Waals surface area contributed by atoms with Crippen LogP contribution in [0.2, 0.25) is 0 Å². The van der Waals surface area contributed by atoms with Gasteiger partial charge in [-0.1, -0.05) is 40.0 Å². The summed E-state index contributed by atoms with van der Waals surface area (Å²) in [5.74, 6) is 1.92. The molecule has 0 aliphatic carbocycles. The maximum atomic E-state index is 4.48. The van der Waals surface area contributed by atoms with Crippen molar-refractivity contribution in [2.75, 3.05) is 11.9 Å². The third kappa shape index (κ3) is 3.54. The minimum Gasteiger partial charge on any atom is -0.370 e. The molecule has 1 aromatic rings. The normalized spacial score (nSPS) is 11.1. The first-order chi connectivity index (χ1) is 7.71. The number of rotatable bonds is 7. The molecule has 16 heavy (non-hydrogen) atoms. The van der Waals surface area contributed by atoms with Crippen LogP contribution < -0.4 is 5.32 Å². The predicted octanol–water partition coefficient (Wildman–Crippen LogP) is 3.22. The van der Waals surface area contributed by atoms with Gasteiger partial charge >= 0.3 is 0 Å². The maximum absolute atomic E-state index is 4.48. The smallest absolute Gasteiger partial charge is 0.124 e. The topological polar surface area (TPSA) is 29.9 Å². The molecule has 0 fully saturated rings. The van der Waals surface area contributed by atoms with E-state index >= 15 is 0 Å². The molecule has 0 aromatic carbocycles. The number of hydrogen-bond donors (Lipinski definition) is 1. The van der Waals surface area contributed by atoms with Crippen LogP contribution in [0.15, 0.2) is 6.07 Å². The van der Waals surface area contributed by atoms with Gasteiger partial charge in [-0.25, -0.2) is 0 Å². The van der Waals surface area contributed by atoms with Gasteiger partial charge in [-0.15, -0.1) is 0 Å². The fourth-order valence-electron chi connectivity index (χ4n) is 1.90. The Hall–Kier alpha value is -0.990. The Bertz CT molecular complexity index is 300. The Morgan fingerprint density at radius 2 is 2.00 bits per heavy atom. The molecular formula is C13H25N3. The number of anilines is 1. The van der Waals surface area contributed by atoms with Crippen molar-refractivity contribution < 1.29 is 0 Å². The summed E-state index contributed by atoms with van der Waals surface area (Å²) in [6.45, 7) is 7.74. The van der Waals surface area contributed by atoms with Crippen molar-refractivity contribution in [3.63, 3.8) is 0 Å². The fraction of sp³-hybridized carbons (Fsp3) is 0.769. The molecule has 0 radical (unpaired) electrons. The highest BCUT2D eigenvalue weighted by molar-refractivity contribution is 5.37. The minimum atomic E-state index is 0.768. The summed E-state index contributed by atoms with van der Waals surface area (Å²) in [7, 11) is 2.01. The lowest BCUT2D eigenvalue weighted by molar-refractivity contribution is 0.517. The Morgan fingerprint density at radius 3 is 2.56 bits per heavy atom. The largest absolute Gasteiger partial charge is 0.370 e. The monoisotopic (exact) mass is 223 g/mol. The number of aromatic nitrogens is 2. The van der Waals surface area contributed by atoms with Crippen LogP contribution in [0.4, 0.5) is 5.82 Å². The van der Waals surface area contributed by atoms with E-state index in [1.807, 2.05) is 11.7 Å². The SMILES string of the molecule is CCCc1cc(NCC(CC)CC)n(C)n1. The molecule has 1 rings (SSSR count). The highest BCUT2D eigenvalue weighted by Gasteiger charge is 2.07. The summed E-state index contributed by atoms with van der Waals surface area (Å²) in [5, 5.41) is 7.98. The van der Waals surface area contributed by atoms with Gasteiger partial charge in [-0.2, -0.15) is 5.10 Å². The van der Waals surface area contributed by atoms with E-state index in [9.17, 15) is 0 Å². The van der Waals surface area contributed by atoms with Crippen LogP contribution in [0, 0.1) is 5.92 Å². The number of nitrogens with one attached hydrogen (secondary N) is 1. The van der Waals surface area contributed by atoms with E-state index in [4.69, 9.17) is 0 Å². The molecule has 0 aliphatic rings.